The number of thioether (sulfide) groups is 1. The van der Waals surface area contributed by atoms with Crippen LogP contribution in [0.5, 0.6) is 0 Å². The summed E-state index contributed by atoms with van der Waals surface area (Å²) in [5.41, 5.74) is 11.4. The van der Waals surface area contributed by atoms with E-state index in [-0.39, 0.29) is 0 Å². The van der Waals surface area contributed by atoms with E-state index in [2.05, 4.69) is 65.8 Å². The van der Waals surface area contributed by atoms with Gasteiger partial charge in [0.1, 0.15) is 5.03 Å². The first-order valence-corrected chi connectivity index (χ1v) is 10.1. The normalized spacial score (nSPS) is 10.4. The van der Waals surface area contributed by atoms with Gasteiger partial charge in [0, 0.05) is 30.1 Å². The van der Waals surface area contributed by atoms with Crippen LogP contribution in [0.15, 0.2) is 54.3 Å². The third-order valence-corrected chi connectivity index (χ3v) is 4.96. The molecule has 0 saturated carbocycles. The molecule has 0 unspecified atom stereocenters. The minimum absolute atomic E-state index is 0.307. The number of nitrogens with zero attached hydrogens (tertiary/aromatic N) is 2. The molecule has 5 nitrogen and oxygen atoms in total. The summed E-state index contributed by atoms with van der Waals surface area (Å²) in [6.07, 6.45) is 3.62. The number of hydrogen-bond acceptors (Lipinski definition) is 6. The molecule has 4 N–H and O–H groups in total. The maximum atomic E-state index is 5.94. The van der Waals surface area contributed by atoms with Gasteiger partial charge in [0.2, 0.25) is 5.95 Å². The van der Waals surface area contributed by atoms with Gasteiger partial charge in [0.05, 0.1) is 5.69 Å². The lowest BCUT2D eigenvalue weighted by Crippen LogP contribution is -2.18. The van der Waals surface area contributed by atoms with Crippen LogP contribution in [-0.2, 0) is 0 Å². The highest BCUT2D eigenvalue weighted by Crippen LogP contribution is 2.27. The molecule has 0 saturated heterocycles. The summed E-state index contributed by atoms with van der Waals surface area (Å²) in [5, 5.41) is 7.32. The van der Waals surface area contributed by atoms with Gasteiger partial charge in [-0.15, -0.1) is 11.8 Å². The van der Waals surface area contributed by atoms with Crippen molar-refractivity contribution in [2.75, 3.05) is 24.6 Å². The van der Waals surface area contributed by atoms with Crippen molar-refractivity contribution in [2.24, 2.45) is 0 Å². The predicted octanol–water partition coefficient (Wildman–Crippen LogP) is 4.05. The molecule has 0 amide bonds. The summed E-state index contributed by atoms with van der Waals surface area (Å²) in [6.45, 7) is 13.7. The molecule has 0 fully saturated rings. The first kappa shape index (κ1) is 20.8. The van der Waals surface area contributed by atoms with Gasteiger partial charge >= 0.3 is 0 Å². The average molecular weight is 384 g/mol. The molecule has 2 aromatic rings. The summed E-state index contributed by atoms with van der Waals surface area (Å²) in [7, 11) is 0. The van der Waals surface area contributed by atoms with Gasteiger partial charge in [-0.2, -0.15) is 0 Å². The van der Waals surface area contributed by atoms with Crippen molar-refractivity contribution in [1.29, 1.82) is 0 Å². The van der Waals surface area contributed by atoms with E-state index < -0.39 is 0 Å². The van der Waals surface area contributed by atoms with Crippen molar-refractivity contribution in [3.05, 3.63) is 60.4 Å². The zero-order valence-electron chi connectivity index (χ0n) is 16.2. The van der Waals surface area contributed by atoms with Crippen LogP contribution in [0.1, 0.15) is 24.0 Å². The number of aromatic nitrogens is 2. The monoisotopic (exact) mass is 383 g/mol. The van der Waals surface area contributed by atoms with E-state index >= 15 is 0 Å². The van der Waals surface area contributed by atoms with Crippen molar-refractivity contribution >= 4 is 17.7 Å². The van der Waals surface area contributed by atoms with Gasteiger partial charge < -0.3 is 16.4 Å². The highest BCUT2D eigenvalue weighted by Gasteiger charge is 2.08. The molecule has 144 valence electrons. The smallest absolute Gasteiger partial charge is 0.221 e. The summed E-state index contributed by atoms with van der Waals surface area (Å²) >= 11 is 1.67. The molecule has 0 aliphatic heterocycles. The predicted molar refractivity (Wildman–Crippen MR) is 117 cm³/mol. The van der Waals surface area contributed by atoms with Crippen molar-refractivity contribution < 1.29 is 0 Å². The van der Waals surface area contributed by atoms with E-state index in [0.29, 0.717) is 5.95 Å². The number of allylic oxidation sites excluding steroid dienone is 1. The molecule has 0 aliphatic rings. The molecule has 2 rings (SSSR count). The topological polar surface area (TPSA) is 75.9 Å². The Balaban J connectivity index is 1.89. The number of anilines is 1. The Morgan fingerprint density at radius 1 is 1.22 bits per heavy atom. The van der Waals surface area contributed by atoms with Crippen LogP contribution in [0.4, 0.5) is 5.95 Å². The minimum atomic E-state index is 0.307. The number of benzene rings is 1. The molecule has 27 heavy (non-hydrogen) atoms. The zero-order chi connectivity index (χ0) is 19.6. The van der Waals surface area contributed by atoms with Gasteiger partial charge in [-0.3, -0.25) is 0 Å². The Kier molecular flexibility index (Phi) is 8.20. The lowest BCUT2D eigenvalue weighted by atomic mass is 10.0. The van der Waals surface area contributed by atoms with Crippen molar-refractivity contribution in [3.63, 3.8) is 0 Å². The van der Waals surface area contributed by atoms with E-state index in [1.54, 1.807) is 18.0 Å². The first-order valence-electron chi connectivity index (χ1n) is 9.10. The summed E-state index contributed by atoms with van der Waals surface area (Å²) < 4.78 is 0. The van der Waals surface area contributed by atoms with Crippen molar-refractivity contribution in [1.82, 2.24) is 20.6 Å². The number of rotatable bonds is 11. The Bertz CT molecular complexity index is 788. The third-order valence-electron chi connectivity index (χ3n) is 4.05. The number of nitrogens with one attached hydrogen (secondary N) is 2. The molecule has 0 bridgehead atoms. The fourth-order valence-electron chi connectivity index (χ4n) is 2.68. The van der Waals surface area contributed by atoms with Crippen LogP contribution in [0.3, 0.4) is 0 Å². The summed E-state index contributed by atoms with van der Waals surface area (Å²) in [5.74, 6) is 1.20. The highest BCUT2D eigenvalue weighted by molar-refractivity contribution is 7.99. The number of nitrogens with two attached hydrogens (primary N) is 1. The van der Waals surface area contributed by atoms with Crippen LogP contribution >= 0.6 is 11.8 Å². The molecular formula is C21H29N5S. The van der Waals surface area contributed by atoms with Crippen LogP contribution in [0.2, 0.25) is 0 Å². The van der Waals surface area contributed by atoms with Gasteiger partial charge in [0.15, 0.2) is 0 Å². The maximum Gasteiger partial charge on any atom is 0.221 e. The lowest BCUT2D eigenvalue weighted by molar-refractivity contribution is 0.682. The molecule has 1 aromatic heterocycles. The molecule has 0 radical (unpaired) electrons. The van der Waals surface area contributed by atoms with Gasteiger partial charge in [-0.1, -0.05) is 36.9 Å². The molecule has 1 heterocycles. The second-order valence-electron chi connectivity index (χ2n) is 6.41. The van der Waals surface area contributed by atoms with Crippen LogP contribution in [0, 0.1) is 13.8 Å². The quantitative estimate of drug-likeness (QED) is 0.309. The SMILES string of the molecule is C=CNCCCNC(=C)CCSc1cc(-c2ccc(C)cc2C)nc(N)n1. The summed E-state index contributed by atoms with van der Waals surface area (Å²) in [6, 6.07) is 8.35. The minimum Gasteiger partial charge on any atom is -0.391 e. The van der Waals surface area contributed by atoms with Crippen LogP contribution < -0.4 is 16.4 Å². The van der Waals surface area contributed by atoms with Crippen molar-refractivity contribution in [2.45, 2.75) is 31.7 Å². The Hall–Kier alpha value is -2.47. The van der Waals surface area contributed by atoms with E-state index in [0.717, 1.165) is 53.7 Å². The number of nitrogen functional groups attached to an aromatic ring is 1. The van der Waals surface area contributed by atoms with Crippen LogP contribution in [-0.4, -0.2) is 28.8 Å². The van der Waals surface area contributed by atoms with Gasteiger partial charge in [-0.05, 0) is 44.5 Å². The lowest BCUT2D eigenvalue weighted by Gasteiger charge is -2.11. The molecule has 0 spiro atoms. The van der Waals surface area contributed by atoms with Crippen molar-refractivity contribution in [3.8, 4) is 11.3 Å². The number of hydrogen-bond donors (Lipinski definition) is 3. The van der Waals surface area contributed by atoms with Gasteiger partial charge in [-0.25, -0.2) is 9.97 Å². The van der Waals surface area contributed by atoms with Gasteiger partial charge in [0.25, 0.3) is 0 Å². The second-order valence-corrected chi connectivity index (χ2v) is 7.52. The summed E-state index contributed by atoms with van der Waals surface area (Å²) in [4.78, 5) is 8.77. The fourth-order valence-corrected chi connectivity index (χ4v) is 3.59. The first-order chi connectivity index (χ1) is 13.0. The Labute approximate surface area is 166 Å². The Morgan fingerprint density at radius 2 is 2.04 bits per heavy atom. The van der Waals surface area contributed by atoms with E-state index in [9.17, 15) is 0 Å². The fraction of sp³-hybridized carbons (Fsp3) is 0.333. The molecule has 0 aliphatic carbocycles. The number of aryl methyl sites for hydroxylation is 2. The highest BCUT2D eigenvalue weighted by atomic mass is 32.2. The average Bonchev–Trinajstić information content (AvgIpc) is 2.61. The maximum absolute atomic E-state index is 5.94. The molecule has 6 heteroatoms. The standard InChI is InChI=1S/C21H29N5S/c1-5-23-10-6-11-24-17(4)9-12-27-20-14-19(25-21(22)26-20)18-8-7-15(2)13-16(18)3/h5,7-8,13-14,23-24H,1,4,6,9-12H2,2-3H3,(H2,22,25,26). The molecule has 0 atom stereocenters. The third kappa shape index (κ3) is 6.98. The molecular weight excluding hydrogens is 354 g/mol. The van der Waals surface area contributed by atoms with E-state index in [4.69, 9.17) is 5.73 Å². The zero-order valence-corrected chi connectivity index (χ0v) is 17.0. The second kappa shape index (κ2) is 10.6. The largest absolute Gasteiger partial charge is 0.391 e. The Morgan fingerprint density at radius 3 is 2.78 bits per heavy atom. The molecule has 1 aromatic carbocycles. The van der Waals surface area contributed by atoms with E-state index in [1.165, 1.54) is 11.1 Å². The van der Waals surface area contributed by atoms with Crippen LogP contribution in [0.25, 0.3) is 11.3 Å². The van der Waals surface area contributed by atoms with E-state index in [1.807, 2.05) is 6.07 Å².